The van der Waals surface area contributed by atoms with Gasteiger partial charge in [0.1, 0.15) is 11.5 Å². The van der Waals surface area contributed by atoms with E-state index in [1.54, 1.807) is 30.1 Å². The number of nitrogen functional groups attached to an aromatic ring is 1. The molecule has 0 aliphatic rings. The second-order valence-electron chi connectivity index (χ2n) is 2.87. The predicted octanol–water partition coefficient (Wildman–Crippen LogP) is 0.459. The second kappa shape index (κ2) is 4.57. The molecule has 0 fully saturated rings. The van der Waals surface area contributed by atoms with E-state index in [2.05, 4.69) is 10.4 Å². The summed E-state index contributed by atoms with van der Waals surface area (Å²) in [5.74, 6) is 5.57. The van der Waals surface area contributed by atoms with Crippen LogP contribution in [0.25, 0.3) is 0 Å². The molecule has 1 rings (SSSR count). The number of nitrogens with zero attached hydrogens (tertiary/aromatic N) is 2. The third kappa shape index (κ3) is 2.20. The first-order valence-electron chi connectivity index (χ1n) is 4.38. The standard InChI is InChI=1S/C9H14N4O/c1-3-13(2)9(14)7-5-4-6-8(11-7)12-10/h4-6H,3,10H2,1-2H3,(H,11,12). The largest absolute Gasteiger partial charge is 0.341 e. The van der Waals surface area contributed by atoms with Gasteiger partial charge in [0.25, 0.3) is 5.91 Å². The summed E-state index contributed by atoms with van der Waals surface area (Å²) < 4.78 is 0. The number of carbonyl (C=O) groups is 1. The van der Waals surface area contributed by atoms with Crippen molar-refractivity contribution in [2.75, 3.05) is 19.0 Å². The predicted molar refractivity (Wildman–Crippen MR) is 54.7 cm³/mol. The lowest BCUT2D eigenvalue weighted by Crippen LogP contribution is -2.27. The highest BCUT2D eigenvalue weighted by Crippen LogP contribution is 2.05. The zero-order valence-electron chi connectivity index (χ0n) is 8.32. The molecule has 5 nitrogen and oxygen atoms in total. The van der Waals surface area contributed by atoms with Crippen LogP contribution < -0.4 is 11.3 Å². The van der Waals surface area contributed by atoms with Crippen molar-refractivity contribution >= 4 is 11.7 Å². The summed E-state index contributed by atoms with van der Waals surface area (Å²) >= 11 is 0. The molecule has 1 heterocycles. The van der Waals surface area contributed by atoms with Gasteiger partial charge in [-0.15, -0.1) is 0 Å². The number of aromatic nitrogens is 1. The first kappa shape index (κ1) is 10.5. The van der Waals surface area contributed by atoms with Gasteiger partial charge in [-0.25, -0.2) is 10.8 Å². The fourth-order valence-corrected chi connectivity index (χ4v) is 0.973. The van der Waals surface area contributed by atoms with Crippen molar-refractivity contribution in [1.82, 2.24) is 9.88 Å². The zero-order valence-corrected chi connectivity index (χ0v) is 8.32. The molecule has 0 aliphatic heterocycles. The summed E-state index contributed by atoms with van der Waals surface area (Å²) in [6, 6.07) is 5.09. The maximum atomic E-state index is 11.6. The fraction of sp³-hybridized carbons (Fsp3) is 0.333. The lowest BCUT2D eigenvalue weighted by Gasteiger charge is -2.13. The molecule has 0 aromatic carbocycles. The molecule has 5 heteroatoms. The lowest BCUT2D eigenvalue weighted by molar-refractivity contribution is 0.0797. The number of anilines is 1. The van der Waals surface area contributed by atoms with Crippen LogP contribution in [0.4, 0.5) is 5.82 Å². The molecule has 14 heavy (non-hydrogen) atoms. The van der Waals surface area contributed by atoms with Crippen LogP contribution in [0.15, 0.2) is 18.2 Å². The van der Waals surface area contributed by atoms with Gasteiger partial charge in [0.05, 0.1) is 0 Å². The van der Waals surface area contributed by atoms with E-state index in [-0.39, 0.29) is 5.91 Å². The van der Waals surface area contributed by atoms with Crippen LogP contribution in [0.2, 0.25) is 0 Å². The number of rotatable bonds is 3. The van der Waals surface area contributed by atoms with Crippen molar-refractivity contribution in [3.05, 3.63) is 23.9 Å². The van der Waals surface area contributed by atoms with E-state index in [1.165, 1.54) is 0 Å². The molecule has 0 radical (unpaired) electrons. The van der Waals surface area contributed by atoms with Crippen molar-refractivity contribution in [1.29, 1.82) is 0 Å². The summed E-state index contributed by atoms with van der Waals surface area (Å²) in [6.07, 6.45) is 0. The third-order valence-electron chi connectivity index (χ3n) is 1.94. The molecule has 1 amide bonds. The number of carbonyl (C=O) groups excluding carboxylic acids is 1. The van der Waals surface area contributed by atoms with Gasteiger partial charge in [-0.05, 0) is 19.1 Å². The van der Waals surface area contributed by atoms with Gasteiger partial charge in [0, 0.05) is 13.6 Å². The van der Waals surface area contributed by atoms with Gasteiger partial charge in [-0.1, -0.05) is 6.07 Å². The number of hydrogen-bond acceptors (Lipinski definition) is 4. The molecule has 0 bridgehead atoms. The van der Waals surface area contributed by atoms with Crippen LogP contribution in [-0.2, 0) is 0 Å². The van der Waals surface area contributed by atoms with Crippen molar-refractivity contribution in [3.8, 4) is 0 Å². The quantitative estimate of drug-likeness (QED) is 0.541. The number of nitrogens with one attached hydrogen (secondary N) is 1. The third-order valence-corrected chi connectivity index (χ3v) is 1.94. The molecule has 0 aliphatic carbocycles. The molecule has 3 N–H and O–H groups in total. The minimum atomic E-state index is -0.107. The monoisotopic (exact) mass is 194 g/mol. The van der Waals surface area contributed by atoms with Gasteiger partial charge >= 0.3 is 0 Å². The summed E-state index contributed by atoms with van der Waals surface area (Å²) in [5.41, 5.74) is 2.79. The van der Waals surface area contributed by atoms with Crippen LogP contribution in [-0.4, -0.2) is 29.4 Å². The Bertz CT molecular complexity index is 326. The van der Waals surface area contributed by atoms with Crippen LogP contribution in [0.5, 0.6) is 0 Å². The average molecular weight is 194 g/mol. The van der Waals surface area contributed by atoms with Crippen molar-refractivity contribution < 1.29 is 4.79 Å². The molecular formula is C9H14N4O. The van der Waals surface area contributed by atoms with Crippen molar-refractivity contribution in [2.24, 2.45) is 5.84 Å². The Morgan fingerprint density at radius 2 is 2.36 bits per heavy atom. The highest BCUT2D eigenvalue weighted by Gasteiger charge is 2.11. The number of pyridine rings is 1. The summed E-state index contributed by atoms with van der Waals surface area (Å²) in [5, 5.41) is 0. The van der Waals surface area contributed by atoms with E-state index < -0.39 is 0 Å². The summed E-state index contributed by atoms with van der Waals surface area (Å²) in [7, 11) is 1.73. The fourth-order valence-electron chi connectivity index (χ4n) is 0.973. The number of amides is 1. The lowest BCUT2D eigenvalue weighted by atomic mass is 10.3. The van der Waals surface area contributed by atoms with Crippen molar-refractivity contribution in [3.63, 3.8) is 0 Å². The van der Waals surface area contributed by atoms with Crippen LogP contribution >= 0.6 is 0 Å². The normalized spacial score (nSPS) is 9.64. The van der Waals surface area contributed by atoms with E-state index >= 15 is 0 Å². The SMILES string of the molecule is CCN(C)C(=O)c1cccc(NN)n1. The highest BCUT2D eigenvalue weighted by atomic mass is 16.2. The maximum absolute atomic E-state index is 11.6. The van der Waals surface area contributed by atoms with E-state index in [0.717, 1.165) is 0 Å². The van der Waals surface area contributed by atoms with Crippen LogP contribution in [0.3, 0.4) is 0 Å². The van der Waals surface area contributed by atoms with Crippen molar-refractivity contribution in [2.45, 2.75) is 6.92 Å². The van der Waals surface area contributed by atoms with Crippen LogP contribution in [0.1, 0.15) is 17.4 Å². The molecule has 0 saturated heterocycles. The second-order valence-corrected chi connectivity index (χ2v) is 2.87. The molecule has 0 atom stereocenters. The Kier molecular flexibility index (Phi) is 3.41. The number of nitrogens with two attached hydrogens (primary N) is 1. The Morgan fingerprint density at radius 3 is 2.93 bits per heavy atom. The molecule has 76 valence electrons. The first-order valence-corrected chi connectivity index (χ1v) is 4.38. The molecule has 0 spiro atoms. The minimum Gasteiger partial charge on any atom is -0.341 e. The topological polar surface area (TPSA) is 71.2 Å². The Balaban J connectivity index is 2.90. The molecule has 1 aromatic heterocycles. The van der Waals surface area contributed by atoms with E-state index in [0.29, 0.717) is 18.1 Å². The molecule has 0 saturated carbocycles. The van der Waals surface area contributed by atoms with E-state index in [1.807, 2.05) is 6.92 Å². The van der Waals surface area contributed by atoms with Gasteiger partial charge in [0.2, 0.25) is 0 Å². The highest BCUT2D eigenvalue weighted by molar-refractivity contribution is 5.92. The van der Waals surface area contributed by atoms with Gasteiger partial charge < -0.3 is 10.3 Å². The minimum absolute atomic E-state index is 0.107. The van der Waals surface area contributed by atoms with E-state index in [9.17, 15) is 4.79 Å². The van der Waals surface area contributed by atoms with Gasteiger partial charge in [-0.2, -0.15) is 0 Å². The smallest absolute Gasteiger partial charge is 0.272 e. The van der Waals surface area contributed by atoms with E-state index in [4.69, 9.17) is 5.84 Å². The molecule has 0 unspecified atom stereocenters. The summed E-state index contributed by atoms with van der Waals surface area (Å²) in [4.78, 5) is 17.3. The molecule has 1 aromatic rings. The van der Waals surface area contributed by atoms with Crippen LogP contribution in [0, 0.1) is 0 Å². The first-order chi connectivity index (χ1) is 6.69. The zero-order chi connectivity index (χ0) is 10.6. The Hall–Kier alpha value is -1.62. The average Bonchev–Trinajstić information content (AvgIpc) is 2.27. The molecular weight excluding hydrogens is 180 g/mol. The number of hydrazine groups is 1. The Morgan fingerprint density at radius 1 is 1.64 bits per heavy atom. The van der Waals surface area contributed by atoms with Gasteiger partial charge in [-0.3, -0.25) is 4.79 Å². The Labute approximate surface area is 82.9 Å². The number of hydrogen-bond donors (Lipinski definition) is 2. The maximum Gasteiger partial charge on any atom is 0.272 e. The summed E-state index contributed by atoms with van der Waals surface area (Å²) in [6.45, 7) is 2.56. The van der Waals surface area contributed by atoms with Gasteiger partial charge in [0.15, 0.2) is 0 Å².